The molecule has 0 unspecified atom stereocenters. The summed E-state index contributed by atoms with van der Waals surface area (Å²) in [5.41, 5.74) is 6.51. The fourth-order valence-corrected chi connectivity index (χ4v) is 2.27. The van der Waals surface area contributed by atoms with Crippen molar-refractivity contribution in [3.05, 3.63) is 88.2 Å². The number of rotatable bonds is 6. The van der Waals surface area contributed by atoms with Crippen molar-refractivity contribution in [2.24, 2.45) is 0 Å². The van der Waals surface area contributed by atoms with Crippen molar-refractivity contribution in [3.63, 3.8) is 0 Å². The molecule has 0 aliphatic carbocycles. The Morgan fingerprint density at radius 2 is 1.84 bits per heavy atom. The maximum Gasteiger partial charge on any atom is 0.294 e. The Morgan fingerprint density at radius 1 is 1.12 bits per heavy atom. The van der Waals surface area contributed by atoms with E-state index in [9.17, 15) is 14.9 Å². The monoisotopic (exact) mass is 337 g/mol. The summed E-state index contributed by atoms with van der Waals surface area (Å²) >= 11 is 0. The highest BCUT2D eigenvalue weighted by molar-refractivity contribution is 5.94. The normalized spacial score (nSPS) is 10.2. The largest absolute Gasteiger partial charge is 0.294 e. The predicted octanol–water partition coefficient (Wildman–Crippen LogP) is 2.60. The Morgan fingerprint density at radius 3 is 2.60 bits per heavy atom. The van der Waals surface area contributed by atoms with Crippen molar-refractivity contribution >= 4 is 17.3 Å². The van der Waals surface area contributed by atoms with E-state index >= 15 is 0 Å². The van der Waals surface area contributed by atoms with Crippen LogP contribution >= 0.6 is 0 Å². The van der Waals surface area contributed by atoms with E-state index in [1.165, 1.54) is 18.3 Å². The average Bonchev–Trinajstić information content (AvgIpc) is 3.09. The number of nitrogens with zero attached hydrogens (tertiary/aromatic N) is 3. The second-order valence-electron chi connectivity index (χ2n) is 5.27. The molecular weight excluding hydrogens is 322 g/mol. The molecule has 0 bridgehead atoms. The fourth-order valence-electron chi connectivity index (χ4n) is 2.27. The van der Waals surface area contributed by atoms with Crippen LogP contribution in [0.25, 0.3) is 0 Å². The van der Waals surface area contributed by atoms with Gasteiger partial charge in [-0.3, -0.25) is 30.4 Å². The molecule has 1 aromatic heterocycles. The van der Waals surface area contributed by atoms with E-state index in [-0.39, 0.29) is 11.4 Å². The third-order valence-corrected chi connectivity index (χ3v) is 3.49. The smallest absolute Gasteiger partial charge is 0.292 e. The second kappa shape index (κ2) is 7.26. The van der Waals surface area contributed by atoms with Crippen LogP contribution in [-0.4, -0.2) is 20.6 Å². The molecule has 2 N–H and O–H groups in total. The van der Waals surface area contributed by atoms with Gasteiger partial charge >= 0.3 is 0 Å². The maximum atomic E-state index is 12.2. The molecule has 0 spiro atoms. The molecule has 0 aliphatic rings. The first-order chi connectivity index (χ1) is 12.1. The molecule has 8 heteroatoms. The molecule has 0 radical (unpaired) electrons. The first kappa shape index (κ1) is 16.2. The molecular formula is C17H15N5O3. The van der Waals surface area contributed by atoms with Gasteiger partial charge < -0.3 is 0 Å². The van der Waals surface area contributed by atoms with E-state index in [1.807, 2.05) is 30.3 Å². The topological polar surface area (TPSA) is 102 Å². The molecule has 8 nitrogen and oxygen atoms in total. The van der Waals surface area contributed by atoms with Crippen LogP contribution in [0.3, 0.4) is 0 Å². The molecule has 126 valence electrons. The maximum absolute atomic E-state index is 12.2. The Kier molecular flexibility index (Phi) is 4.70. The third kappa shape index (κ3) is 3.99. The van der Waals surface area contributed by atoms with Crippen molar-refractivity contribution in [1.82, 2.24) is 15.2 Å². The molecule has 3 aromatic rings. The summed E-state index contributed by atoms with van der Waals surface area (Å²) in [4.78, 5) is 22.6. The van der Waals surface area contributed by atoms with Crippen LogP contribution in [0.5, 0.6) is 0 Å². The predicted molar refractivity (Wildman–Crippen MR) is 92.0 cm³/mol. The lowest BCUT2D eigenvalue weighted by atomic mass is 10.2. The van der Waals surface area contributed by atoms with Gasteiger partial charge in [-0.05, 0) is 11.6 Å². The van der Waals surface area contributed by atoms with Gasteiger partial charge in [0.2, 0.25) is 0 Å². The van der Waals surface area contributed by atoms with E-state index in [2.05, 4.69) is 16.0 Å². The van der Waals surface area contributed by atoms with E-state index < -0.39 is 10.8 Å². The number of hydrogen-bond acceptors (Lipinski definition) is 5. The summed E-state index contributed by atoms with van der Waals surface area (Å²) in [6.45, 7) is 0.547. The van der Waals surface area contributed by atoms with Gasteiger partial charge in [0.05, 0.1) is 23.2 Å². The zero-order valence-corrected chi connectivity index (χ0v) is 13.1. The summed E-state index contributed by atoms with van der Waals surface area (Å²) in [7, 11) is 0. The lowest BCUT2D eigenvalue weighted by molar-refractivity contribution is -0.384. The number of nitro groups is 1. The number of para-hydroxylation sites is 2. The van der Waals surface area contributed by atoms with Gasteiger partial charge in [-0.2, -0.15) is 5.10 Å². The number of benzene rings is 2. The highest BCUT2D eigenvalue weighted by Crippen LogP contribution is 2.22. The van der Waals surface area contributed by atoms with E-state index in [4.69, 9.17) is 0 Å². The first-order valence-electron chi connectivity index (χ1n) is 7.49. The van der Waals surface area contributed by atoms with Crippen molar-refractivity contribution in [2.75, 3.05) is 5.43 Å². The minimum atomic E-state index is -0.521. The number of aromatic nitrogens is 2. The third-order valence-electron chi connectivity index (χ3n) is 3.49. The van der Waals surface area contributed by atoms with Gasteiger partial charge in [-0.1, -0.05) is 42.5 Å². The summed E-state index contributed by atoms with van der Waals surface area (Å²) in [6.07, 6.45) is 3.06. The SMILES string of the molecule is O=C(NNc1ccccc1[N+](=O)[O-])c1cnn(Cc2ccccc2)c1. The number of carbonyl (C=O) groups is 1. The van der Waals surface area contributed by atoms with Gasteiger partial charge in [0.15, 0.2) is 0 Å². The number of carbonyl (C=O) groups excluding carboxylic acids is 1. The standard InChI is InChI=1S/C17H15N5O3/c23-17(20-19-15-8-4-5-9-16(15)22(24)25)14-10-18-21(12-14)11-13-6-2-1-3-7-13/h1-10,12,19H,11H2,(H,20,23). The van der Waals surface area contributed by atoms with E-state index in [0.29, 0.717) is 12.1 Å². The van der Waals surface area contributed by atoms with Crippen LogP contribution < -0.4 is 10.9 Å². The Hall–Kier alpha value is -3.68. The van der Waals surface area contributed by atoms with Crippen LogP contribution in [0.15, 0.2) is 67.0 Å². The van der Waals surface area contributed by atoms with Gasteiger partial charge in [0.25, 0.3) is 11.6 Å². The minimum Gasteiger partial charge on any atom is -0.292 e. The van der Waals surface area contributed by atoms with Crippen LogP contribution in [0.2, 0.25) is 0 Å². The molecule has 0 aliphatic heterocycles. The van der Waals surface area contributed by atoms with Crippen LogP contribution in [0.4, 0.5) is 11.4 Å². The van der Waals surface area contributed by atoms with Crippen molar-refractivity contribution in [1.29, 1.82) is 0 Å². The lowest BCUT2D eigenvalue weighted by Crippen LogP contribution is -2.29. The number of amides is 1. The van der Waals surface area contributed by atoms with Gasteiger partial charge in [0, 0.05) is 12.3 Å². The Labute approximate surface area is 143 Å². The summed E-state index contributed by atoms with van der Waals surface area (Å²) in [6, 6.07) is 15.8. The molecule has 0 saturated heterocycles. The molecule has 25 heavy (non-hydrogen) atoms. The molecule has 0 atom stereocenters. The lowest BCUT2D eigenvalue weighted by Gasteiger charge is -2.07. The zero-order chi connectivity index (χ0) is 17.6. The number of nitro benzene ring substituents is 1. The zero-order valence-electron chi connectivity index (χ0n) is 13.1. The second-order valence-corrected chi connectivity index (χ2v) is 5.27. The van der Waals surface area contributed by atoms with Crippen molar-refractivity contribution in [2.45, 2.75) is 6.54 Å². The Bertz CT molecular complexity index is 892. The van der Waals surface area contributed by atoms with Gasteiger partial charge in [-0.15, -0.1) is 0 Å². The van der Waals surface area contributed by atoms with Crippen LogP contribution in [-0.2, 0) is 6.54 Å². The quantitative estimate of drug-likeness (QED) is 0.532. The number of hydrogen-bond donors (Lipinski definition) is 2. The summed E-state index contributed by atoms with van der Waals surface area (Å²) < 4.78 is 1.65. The molecule has 0 fully saturated rings. The summed E-state index contributed by atoms with van der Waals surface area (Å²) in [5, 5.41) is 15.1. The van der Waals surface area contributed by atoms with Gasteiger partial charge in [0.1, 0.15) is 5.69 Å². The van der Waals surface area contributed by atoms with Crippen molar-refractivity contribution in [3.8, 4) is 0 Å². The number of anilines is 1. The number of nitrogens with one attached hydrogen (secondary N) is 2. The first-order valence-corrected chi connectivity index (χ1v) is 7.49. The fraction of sp³-hybridized carbons (Fsp3) is 0.0588. The Balaban J connectivity index is 1.64. The molecule has 1 amide bonds. The highest BCUT2D eigenvalue weighted by Gasteiger charge is 2.14. The highest BCUT2D eigenvalue weighted by atomic mass is 16.6. The average molecular weight is 337 g/mol. The van der Waals surface area contributed by atoms with Crippen LogP contribution in [0.1, 0.15) is 15.9 Å². The molecule has 1 heterocycles. The van der Waals surface area contributed by atoms with E-state index in [1.54, 1.807) is 23.0 Å². The van der Waals surface area contributed by atoms with Crippen LogP contribution in [0, 0.1) is 10.1 Å². The van der Waals surface area contributed by atoms with E-state index in [0.717, 1.165) is 5.56 Å². The minimum absolute atomic E-state index is 0.123. The molecule has 0 saturated carbocycles. The molecule has 2 aromatic carbocycles. The van der Waals surface area contributed by atoms with Gasteiger partial charge in [-0.25, -0.2) is 0 Å². The molecule has 3 rings (SSSR count). The summed E-state index contributed by atoms with van der Waals surface area (Å²) in [5.74, 6) is -0.433. The van der Waals surface area contributed by atoms with Crippen molar-refractivity contribution < 1.29 is 9.72 Å². The number of hydrazine groups is 1.